The topological polar surface area (TPSA) is 9.23 Å². The molecule has 0 aliphatic carbocycles. The Labute approximate surface area is 123 Å². The molecule has 0 amide bonds. The zero-order chi connectivity index (χ0) is 8.93. The van der Waals surface area contributed by atoms with E-state index in [0.29, 0.717) is 0 Å². The molecule has 0 N–H and O–H groups in total. The molecule has 72 valence electrons. The summed E-state index contributed by atoms with van der Waals surface area (Å²) in [4.78, 5) is 0. The van der Waals surface area contributed by atoms with Gasteiger partial charge in [-0.2, -0.15) is 18.2 Å². The van der Waals surface area contributed by atoms with Crippen LogP contribution in [0.5, 0.6) is 11.5 Å². The van der Waals surface area contributed by atoms with E-state index < -0.39 is 0 Å². The van der Waals surface area contributed by atoms with Gasteiger partial charge in [-0.05, 0) is 12.1 Å². The average Bonchev–Trinajstić information content (AvgIpc) is 2.21. The summed E-state index contributed by atoms with van der Waals surface area (Å²) < 4.78 is 5.56. The minimum atomic E-state index is 0. The van der Waals surface area contributed by atoms with Crippen LogP contribution >= 0.6 is 0 Å². The summed E-state index contributed by atoms with van der Waals surface area (Å²) in [7, 11) is 0. The molecular weight excluding hydrogens is 311 g/mol. The van der Waals surface area contributed by atoms with Crippen LogP contribution in [0.15, 0.2) is 54.6 Å². The van der Waals surface area contributed by atoms with Crippen LogP contribution in [-0.2, 0) is 0 Å². The van der Waals surface area contributed by atoms with Crippen molar-refractivity contribution in [1.82, 2.24) is 0 Å². The van der Waals surface area contributed by atoms with Gasteiger partial charge in [0.05, 0.1) is 0 Å². The molecule has 3 heteroatoms. The first-order valence-corrected chi connectivity index (χ1v) is 4.14. The third-order valence-electron chi connectivity index (χ3n) is 1.67. The van der Waals surface area contributed by atoms with E-state index in [1.807, 2.05) is 54.6 Å². The fourth-order valence-electron chi connectivity index (χ4n) is 1.06. The number of rotatable bonds is 2. The quantitative estimate of drug-likeness (QED) is 0.427. The van der Waals surface area contributed by atoms with E-state index in [0.717, 1.165) is 11.5 Å². The van der Waals surface area contributed by atoms with E-state index in [9.17, 15) is 0 Å². The van der Waals surface area contributed by atoms with E-state index in [1.165, 1.54) is 0 Å². The van der Waals surface area contributed by atoms with E-state index in [4.69, 9.17) is 4.74 Å². The van der Waals surface area contributed by atoms with Gasteiger partial charge >= 0.3 is 23.1 Å². The van der Waals surface area contributed by atoms with E-state index in [2.05, 4.69) is 6.07 Å². The first-order valence-electron chi connectivity index (χ1n) is 4.14. The molecule has 0 aliphatic heterocycles. The van der Waals surface area contributed by atoms with Crippen molar-refractivity contribution in [2.24, 2.45) is 0 Å². The van der Waals surface area contributed by atoms with Gasteiger partial charge in [-0.3, -0.25) is 0 Å². The van der Waals surface area contributed by atoms with E-state index in [-0.39, 0.29) is 47.0 Å². The Bertz CT molecular complexity index is 326. The first kappa shape index (κ1) is 14.7. The monoisotopic (exact) mass is 320 g/mol. The van der Waals surface area contributed by atoms with E-state index in [1.54, 1.807) is 0 Å². The summed E-state index contributed by atoms with van der Waals surface area (Å²) in [5.41, 5.74) is 0. The van der Waals surface area contributed by atoms with Crippen molar-refractivity contribution in [3.8, 4) is 11.5 Å². The molecule has 2 rings (SSSR count). The Morgan fingerprint density at radius 3 is 1.93 bits per heavy atom. The first-order chi connectivity index (χ1) is 6.45. The van der Waals surface area contributed by atoms with Gasteiger partial charge in [0, 0.05) is 5.75 Å². The fourth-order valence-corrected chi connectivity index (χ4v) is 1.06. The second-order valence-electron chi connectivity index (χ2n) is 2.65. The van der Waals surface area contributed by atoms with Gasteiger partial charge in [-0.25, -0.2) is 0 Å². The number of hydrogen-bond donors (Lipinski definition) is 0. The van der Waals surface area contributed by atoms with Crippen molar-refractivity contribution in [3.63, 3.8) is 0 Å². The van der Waals surface area contributed by atoms with Crippen molar-refractivity contribution in [1.29, 1.82) is 0 Å². The normalized spacial score (nSPS) is 8.27. The standard InChI is InChI=1S/C12H9O.HI.Mg/c1-3-7-11(8-4-1)13-12-9-5-2-6-10-12;;/h1,3-10H;1H;/q-1;;+2/p-1. The summed E-state index contributed by atoms with van der Waals surface area (Å²) in [5.74, 6) is 1.69. The molecule has 2 aromatic carbocycles. The number of hydrogen-bond acceptors (Lipinski definition) is 1. The predicted octanol–water partition coefficient (Wildman–Crippen LogP) is -0.0977. The SMILES string of the molecule is [I-].[Mg+2].[c-]1ccc(Oc2ccccc2)cc1. The van der Waals surface area contributed by atoms with Crippen molar-refractivity contribution in [2.45, 2.75) is 0 Å². The fraction of sp³-hybridized carbons (Fsp3) is 0. The molecule has 0 saturated carbocycles. The Morgan fingerprint density at radius 1 is 0.800 bits per heavy atom. The zero-order valence-electron chi connectivity index (χ0n) is 8.19. The summed E-state index contributed by atoms with van der Waals surface area (Å²) in [6.45, 7) is 0. The molecule has 0 unspecified atom stereocenters. The van der Waals surface area contributed by atoms with Crippen molar-refractivity contribution >= 4 is 23.1 Å². The van der Waals surface area contributed by atoms with Gasteiger partial charge in [0.1, 0.15) is 5.75 Å². The third-order valence-corrected chi connectivity index (χ3v) is 1.67. The molecule has 15 heavy (non-hydrogen) atoms. The van der Waals surface area contributed by atoms with Crippen molar-refractivity contribution < 1.29 is 28.7 Å². The van der Waals surface area contributed by atoms with Gasteiger partial charge < -0.3 is 28.7 Å². The number of benzene rings is 2. The molecule has 0 aliphatic rings. The molecule has 0 bridgehead atoms. The van der Waals surface area contributed by atoms with Gasteiger partial charge in [0.15, 0.2) is 0 Å². The minimum absolute atomic E-state index is 0. The molecule has 2 aromatic rings. The summed E-state index contributed by atoms with van der Waals surface area (Å²) in [6, 6.07) is 20.1. The van der Waals surface area contributed by atoms with Gasteiger partial charge in [-0.1, -0.05) is 18.2 Å². The van der Waals surface area contributed by atoms with Crippen molar-refractivity contribution in [2.75, 3.05) is 0 Å². The smallest absolute Gasteiger partial charge is 1.00 e. The zero-order valence-corrected chi connectivity index (χ0v) is 11.8. The van der Waals surface area contributed by atoms with Gasteiger partial charge in [0.2, 0.25) is 0 Å². The van der Waals surface area contributed by atoms with Gasteiger partial charge in [0.25, 0.3) is 0 Å². The third kappa shape index (κ3) is 4.86. The molecule has 0 heterocycles. The predicted molar refractivity (Wildman–Crippen MR) is 57.5 cm³/mol. The van der Waals surface area contributed by atoms with Crippen LogP contribution < -0.4 is 28.7 Å². The number of ether oxygens (including phenoxy) is 1. The van der Waals surface area contributed by atoms with Crippen LogP contribution in [0.3, 0.4) is 0 Å². The van der Waals surface area contributed by atoms with Crippen LogP contribution in [-0.4, -0.2) is 23.1 Å². The largest absolute Gasteiger partial charge is 2.00 e. The Morgan fingerprint density at radius 2 is 1.33 bits per heavy atom. The summed E-state index contributed by atoms with van der Waals surface area (Å²) in [6.07, 6.45) is 0. The summed E-state index contributed by atoms with van der Waals surface area (Å²) in [5, 5.41) is 0. The maximum Gasteiger partial charge on any atom is 2.00 e. The minimum Gasteiger partial charge on any atom is -1.00 e. The van der Waals surface area contributed by atoms with Crippen LogP contribution in [0, 0.1) is 6.07 Å². The van der Waals surface area contributed by atoms with Crippen LogP contribution in [0.1, 0.15) is 0 Å². The van der Waals surface area contributed by atoms with Crippen molar-refractivity contribution in [3.05, 3.63) is 60.7 Å². The molecule has 0 saturated heterocycles. The Kier molecular flexibility index (Phi) is 7.82. The Hall–Kier alpha value is -0.264. The average molecular weight is 320 g/mol. The molecule has 0 aromatic heterocycles. The van der Waals surface area contributed by atoms with Crippen LogP contribution in [0.4, 0.5) is 0 Å². The molecule has 1 nitrogen and oxygen atoms in total. The molecule has 0 fully saturated rings. The maximum atomic E-state index is 5.56. The van der Waals surface area contributed by atoms with E-state index >= 15 is 0 Å². The number of halogens is 1. The maximum absolute atomic E-state index is 5.56. The van der Waals surface area contributed by atoms with Crippen LogP contribution in [0.2, 0.25) is 0 Å². The van der Waals surface area contributed by atoms with Gasteiger partial charge in [-0.15, -0.1) is 12.1 Å². The molecule has 0 radical (unpaired) electrons. The number of para-hydroxylation sites is 1. The second kappa shape index (κ2) is 7.95. The molecule has 0 spiro atoms. The Balaban J connectivity index is 0.000000980. The van der Waals surface area contributed by atoms with Crippen LogP contribution in [0.25, 0.3) is 0 Å². The second-order valence-corrected chi connectivity index (χ2v) is 2.65. The summed E-state index contributed by atoms with van der Waals surface area (Å²) >= 11 is 0. The molecular formula is C12H9IMgO. The molecule has 0 atom stereocenters.